The number of carboxylic acids is 1. The van der Waals surface area contributed by atoms with Gasteiger partial charge in [0.2, 0.25) is 0 Å². The zero-order chi connectivity index (χ0) is 53.3. The van der Waals surface area contributed by atoms with Crippen molar-refractivity contribution in [3.8, 4) is 0 Å². The van der Waals surface area contributed by atoms with Gasteiger partial charge in [-0.3, -0.25) is 14.4 Å². The maximum Gasteiger partial charge on any atom is 0.335 e. The molecule has 0 amide bonds. The van der Waals surface area contributed by atoms with Crippen LogP contribution in [0, 0.1) is 0 Å². The first-order valence-corrected chi connectivity index (χ1v) is 29.3. The van der Waals surface area contributed by atoms with Crippen molar-refractivity contribution in [3.05, 3.63) is 60.8 Å². The van der Waals surface area contributed by atoms with E-state index < -0.39 is 67.3 Å². The molecular formula is C61H104O12. The molecule has 1 heterocycles. The second-order valence-electron chi connectivity index (χ2n) is 19.9. The second kappa shape index (κ2) is 49.3. The van der Waals surface area contributed by atoms with Crippen molar-refractivity contribution in [2.75, 3.05) is 13.2 Å². The Morgan fingerprint density at radius 1 is 0.466 bits per heavy atom. The SMILES string of the molecule is CC/C=C\C/C=C\C/C=C\CCCCCCCCCC(=O)OC1C(OCC(COC(=O)CCCCCCCCC/C=C\C/C=C\CCCCC)OC(=O)CCCCCCCCCCC)OC(C(=O)O)C(O)C1O. The maximum atomic E-state index is 13.1. The minimum atomic E-state index is -1.91. The summed E-state index contributed by atoms with van der Waals surface area (Å²) in [6.45, 7) is 5.83. The van der Waals surface area contributed by atoms with Crippen LogP contribution in [0.3, 0.4) is 0 Å². The fraction of sp³-hybridized carbons (Fsp3) is 0.770. The molecule has 420 valence electrons. The van der Waals surface area contributed by atoms with E-state index in [-0.39, 0.29) is 25.9 Å². The van der Waals surface area contributed by atoms with E-state index in [9.17, 15) is 34.5 Å². The number of rotatable bonds is 49. The average molecular weight is 1030 g/mol. The highest BCUT2D eigenvalue weighted by Crippen LogP contribution is 2.26. The predicted molar refractivity (Wildman–Crippen MR) is 294 cm³/mol. The number of hydrogen-bond acceptors (Lipinski definition) is 11. The Balaban J connectivity index is 2.65. The predicted octanol–water partition coefficient (Wildman–Crippen LogP) is 14.8. The van der Waals surface area contributed by atoms with Crippen molar-refractivity contribution in [2.45, 2.75) is 289 Å². The zero-order valence-electron chi connectivity index (χ0n) is 46.1. The van der Waals surface area contributed by atoms with Crippen LogP contribution in [-0.4, -0.2) is 89.2 Å². The van der Waals surface area contributed by atoms with Gasteiger partial charge in [0.25, 0.3) is 0 Å². The monoisotopic (exact) mass is 1030 g/mol. The molecular weight excluding hydrogens is 925 g/mol. The van der Waals surface area contributed by atoms with Crippen LogP contribution in [-0.2, 0) is 42.9 Å². The lowest BCUT2D eigenvalue weighted by molar-refractivity contribution is -0.301. The number of aliphatic hydroxyl groups excluding tert-OH is 2. The Hall–Kier alpha value is -3.58. The van der Waals surface area contributed by atoms with Gasteiger partial charge >= 0.3 is 23.9 Å². The van der Waals surface area contributed by atoms with E-state index in [0.717, 1.165) is 122 Å². The molecule has 0 aromatic rings. The molecule has 1 aliphatic rings. The van der Waals surface area contributed by atoms with E-state index in [4.69, 9.17) is 23.7 Å². The number of carbonyl (C=O) groups is 4. The summed E-state index contributed by atoms with van der Waals surface area (Å²) in [5.41, 5.74) is 0. The largest absolute Gasteiger partial charge is 0.479 e. The number of esters is 3. The summed E-state index contributed by atoms with van der Waals surface area (Å²) in [5, 5.41) is 31.4. The average Bonchev–Trinajstić information content (AvgIpc) is 3.37. The molecule has 1 saturated heterocycles. The maximum absolute atomic E-state index is 13.1. The lowest BCUT2D eigenvalue weighted by atomic mass is 9.98. The van der Waals surface area contributed by atoms with E-state index in [1.807, 2.05) is 0 Å². The molecule has 0 saturated carbocycles. The van der Waals surface area contributed by atoms with Gasteiger partial charge in [-0.25, -0.2) is 4.79 Å². The Kier molecular flexibility index (Phi) is 45.5. The van der Waals surface area contributed by atoms with E-state index >= 15 is 0 Å². The van der Waals surface area contributed by atoms with Crippen molar-refractivity contribution in [3.63, 3.8) is 0 Å². The quantitative estimate of drug-likeness (QED) is 0.0228. The van der Waals surface area contributed by atoms with Crippen LogP contribution in [0.1, 0.15) is 252 Å². The molecule has 1 rings (SSSR count). The van der Waals surface area contributed by atoms with Crippen LogP contribution in [0.4, 0.5) is 0 Å². The number of carboxylic acid groups (broad SMARTS) is 1. The number of aliphatic hydroxyl groups is 2. The zero-order valence-corrected chi connectivity index (χ0v) is 46.1. The van der Waals surface area contributed by atoms with Gasteiger partial charge in [0, 0.05) is 19.3 Å². The van der Waals surface area contributed by atoms with Crippen LogP contribution in [0.15, 0.2) is 60.8 Å². The molecule has 0 aromatic heterocycles. The Morgan fingerprint density at radius 3 is 1.34 bits per heavy atom. The third-order valence-corrected chi connectivity index (χ3v) is 13.1. The summed E-state index contributed by atoms with van der Waals surface area (Å²) in [6.07, 6.45) is 47.7. The summed E-state index contributed by atoms with van der Waals surface area (Å²) in [7, 11) is 0. The minimum Gasteiger partial charge on any atom is -0.479 e. The smallest absolute Gasteiger partial charge is 0.335 e. The van der Waals surface area contributed by atoms with Crippen molar-refractivity contribution in [1.82, 2.24) is 0 Å². The number of hydrogen-bond donors (Lipinski definition) is 3. The van der Waals surface area contributed by atoms with Gasteiger partial charge in [0.05, 0.1) is 6.61 Å². The number of allylic oxidation sites excluding steroid dienone is 10. The van der Waals surface area contributed by atoms with E-state index in [0.29, 0.717) is 19.3 Å². The molecule has 1 aliphatic heterocycles. The lowest BCUT2D eigenvalue weighted by Gasteiger charge is -2.40. The summed E-state index contributed by atoms with van der Waals surface area (Å²) in [6, 6.07) is 0. The molecule has 0 bridgehead atoms. The first-order valence-electron chi connectivity index (χ1n) is 29.3. The molecule has 12 nitrogen and oxygen atoms in total. The standard InChI is InChI=1S/C61H104O12/c1-4-7-10-13-16-19-21-23-25-27-29-31-33-36-38-41-44-47-53(62)69-50-52(71-54(63)48-45-42-39-35-18-15-12-9-6-3)51-70-61-59(57(66)56(65)58(73-61)60(67)68)72-55(64)49-46-43-40-37-34-32-30-28-26-24-22-20-17-14-11-8-5-2/h8,11,16-17,19-20,23-26,52,56-59,61,65-66H,4-7,9-10,12-15,18,21-22,27-51H2,1-3H3,(H,67,68)/b11-8-,19-16-,20-17-,25-23-,26-24-. The fourth-order valence-corrected chi connectivity index (χ4v) is 8.59. The highest BCUT2D eigenvalue weighted by atomic mass is 16.7. The summed E-state index contributed by atoms with van der Waals surface area (Å²) >= 11 is 0. The van der Waals surface area contributed by atoms with Crippen LogP contribution < -0.4 is 0 Å². The van der Waals surface area contributed by atoms with Gasteiger partial charge < -0.3 is 39.0 Å². The molecule has 0 aromatic carbocycles. The van der Waals surface area contributed by atoms with Gasteiger partial charge in [0.15, 0.2) is 24.6 Å². The number of aliphatic carboxylic acids is 1. The fourth-order valence-electron chi connectivity index (χ4n) is 8.59. The van der Waals surface area contributed by atoms with Crippen molar-refractivity contribution < 1.29 is 58.2 Å². The third-order valence-electron chi connectivity index (χ3n) is 13.1. The summed E-state index contributed by atoms with van der Waals surface area (Å²) in [5.74, 6) is -3.13. The van der Waals surface area contributed by atoms with Gasteiger partial charge in [-0.1, -0.05) is 210 Å². The first-order chi connectivity index (χ1) is 35.6. The number of carbonyl (C=O) groups excluding carboxylic acids is 3. The van der Waals surface area contributed by atoms with E-state index in [2.05, 4.69) is 81.5 Å². The van der Waals surface area contributed by atoms with Gasteiger partial charge in [-0.05, 0) is 83.5 Å². The summed E-state index contributed by atoms with van der Waals surface area (Å²) in [4.78, 5) is 51.0. The first kappa shape index (κ1) is 67.4. The van der Waals surface area contributed by atoms with Crippen LogP contribution >= 0.6 is 0 Å². The highest BCUT2D eigenvalue weighted by molar-refractivity contribution is 5.74. The molecule has 0 radical (unpaired) electrons. The van der Waals surface area contributed by atoms with Gasteiger partial charge in [0.1, 0.15) is 18.8 Å². The molecule has 3 N–H and O–H groups in total. The van der Waals surface area contributed by atoms with E-state index in [1.165, 1.54) is 70.6 Å². The lowest BCUT2D eigenvalue weighted by Crippen LogP contribution is -2.61. The topological polar surface area (TPSA) is 175 Å². The number of unbranched alkanes of at least 4 members (excludes halogenated alkanes) is 25. The second-order valence-corrected chi connectivity index (χ2v) is 19.9. The van der Waals surface area contributed by atoms with Crippen molar-refractivity contribution >= 4 is 23.9 Å². The van der Waals surface area contributed by atoms with Crippen LogP contribution in [0.5, 0.6) is 0 Å². The molecule has 12 heteroatoms. The van der Waals surface area contributed by atoms with Crippen LogP contribution in [0.2, 0.25) is 0 Å². The molecule has 1 fully saturated rings. The minimum absolute atomic E-state index is 0.0488. The van der Waals surface area contributed by atoms with Crippen molar-refractivity contribution in [2.24, 2.45) is 0 Å². The number of ether oxygens (including phenoxy) is 5. The Labute approximate surface area is 443 Å². The van der Waals surface area contributed by atoms with Crippen LogP contribution in [0.25, 0.3) is 0 Å². The molecule has 73 heavy (non-hydrogen) atoms. The van der Waals surface area contributed by atoms with Gasteiger partial charge in [-0.15, -0.1) is 0 Å². The van der Waals surface area contributed by atoms with Crippen molar-refractivity contribution in [1.29, 1.82) is 0 Å². The highest BCUT2D eigenvalue weighted by Gasteiger charge is 2.50. The molecule has 0 spiro atoms. The van der Waals surface area contributed by atoms with E-state index in [1.54, 1.807) is 0 Å². The molecule has 6 unspecified atom stereocenters. The summed E-state index contributed by atoms with van der Waals surface area (Å²) < 4.78 is 28.4. The van der Waals surface area contributed by atoms with Gasteiger partial charge in [-0.2, -0.15) is 0 Å². The molecule has 6 atom stereocenters. The molecule has 0 aliphatic carbocycles. The third kappa shape index (κ3) is 39.5. The Morgan fingerprint density at radius 2 is 0.863 bits per heavy atom. The normalized spacial score (nSPS) is 18.7. The Bertz CT molecular complexity index is 1500.